The average molecular weight is 381 g/mol. The van der Waals surface area contributed by atoms with Gasteiger partial charge in [0.05, 0.1) is 11.3 Å². The summed E-state index contributed by atoms with van der Waals surface area (Å²) in [5.74, 6) is -1.19. The van der Waals surface area contributed by atoms with Crippen LogP contribution in [0.4, 0.5) is 5.69 Å². The second-order valence-electron chi connectivity index (χ2n) is 6.63. The fraction of sp³-hybridized carbons (Fsp3) is 0.286. The maximum Gasteiger partial charge on any atom is 0.340 e. The number of benzene rings is 2. The van der Waals surface area contributed by atoms with Crippen LogP contribution in [0.1, 0.15) is 20.7 Å². The molecule has 0 radical (unpaired) electrons. The molecule has 1 aliphatic heterocycles. The van der Waals surface area contributed by atoms with Gasteiger partial charge in [-0.3, -0.25) is 9.59 Å². The number of ether oxygens (including phenoxy) is 1. The highest BCUT2D eigenvalue weighted by atomic mass is 16.5. The van der Waals surface area contributed by atoms with E-state index in [2.05, 4.69) is 10.2 Å². The summed E-state index contributed by atoms with van der Waals surface area (Å²) >= 11 is 0. The fourth-order valence-corrected chi connectivity index (χ4v) is 2.91. The third kappa shape index (κ3) is 4.95. The van der Waals surface area contributed by atoms with E-state index in [9.17, 15) is 14.4 Å². The third-order valence-corrected chi connectivity index (χ3v) is 4.61. The summed E-state index contributed by atoms with van der Waals surface area (Å²) in [6.07, 6.45) is 0. The average Bonchev–Trinajstić information content (AvgIpc) is 2.73. The minimum atomic E-state index is -0.647. The maximum atomic E-state index is 12.5. The number of rotatable bonds is 5. The predicted octanol–water partition coefficient (Wildman–Crippen LogP) is 1.87. The highest BCUT2D eigenvalue weighted by molar-refractivity contribution is 6.08. The zero-order valence-electron chi connectivity index (χ0n) is 15.8. The van der Waals surface area contributed by atoms with Crippen LogP contribution in [0.5, 0.6) is 0 Å². The zero-order chi connectivity index (χ0) is 19.9. The van der Waals surface area contributed by atoms with E-state index in [4.69, 9.17) is 4.74 Å². The molecule has 3 rings (SSSR count). The van der Waals surface area contributed by atoms with Crippen molar-refractivity contribution in [1.82, 2.24) is 9.80 Å². The fourth-order valence-electron chi connectivity index (χ4n) is 2.91. The number of esters is 1. The molecular weight excluding hydrogens is 358 g/mol. The van der Waals surface area contributed by atoms with Gasteiger partial charge >= 0.3 is 5.97 Å². The predicted molar refractivity (Wildman–Crippen MR) is 105 cm³/mol. The standard InChI is InChI=1S/C21H23N3O4/c1-23-11-13-24(14-12-23)19(25)15-28-21(27)17-9-5-6-10-18(17)22-20(26)16-7-3-2-4-8-16/h2-10H,11-15H2,1H3,(H,22,26). The van der Waals surface area contributed by atoms with Crippen LogP contribution < -0.4 is 5.32 Å². The SMILES string of the molecule is CN1CCN(C(=O)COC(=O)c2ccccc2NC(=O)c2ccccc2)CC1. The largest absolute Gasteiger partial charge is 0.452 e. The monoisotopic (exact) mass is 381 g/mol. The zero-order valence-corrected chi connectivity index (χ0v) is 15.8. The van der Waals surface area contributed by atoms with E-state index in [0.29, 0.717) is 24.3 Å². The quantitative estimate of drug-likeness (QED) is 0.800. The molecule has 1 heterocycles. The lowest BCUT2D eigenvalue weighted by Gasteiger charge is -2.32. The molecule has 0 aromatic heterocycles. The van der Waals surface area contributed by atoms with Gasteiger partial charge in [-0.25, -0.2) is 4.79 Å². The Morgan fingerprint density at radius 2 is 1.57 bits per heavy atom. The Hall–Kier alpha value is -3.19. The maximum absolute atomic E-state index is 12.5. The number of hydrogen-bond acceptors (Lipinski definition) is 5. The normalized spacial score (nSPS) is 14.4. The van der Waals surface area contributed by atoms with E-state index in [1.165, 1.54) is 0 Å². The topological polar surface area (TPSA) is 79.0 Å². The van der Waals surface area contributed by atoms with Crippen molar-refractivity contribution in [2.45, 2.75) is 0 Å². The van der Waals surface area contributed by atoms with Gasteiger partial charge in [0.25, 0.3) is 11.8 Å². The van der Waals surface area contributed by atoms with Gasteiger partial charge in [0.1, 0.15) is 0 Å². The van der Waals surface area contributed by atoms with Crippen molar-refractivity contribution in [1.29, 1.82) is 0 Å². The molecule has 1 fully saturated rings. The Morgan fingerprint density at radius 1 is 0.929 bits per heavy atom. The Balaban J connectivity index is 1.61. The molecular formula is C21H23N3O4. The molecule has 0 atom stereocenters. The number of nitrogens with one attached hydrogen (secondary N) is 1. The van der Waals surface area contributed by atoms with Gasteiger partial charge in [-0.05, 0) is 31.3 Å². The van der Waals surface area contributed by atoms with Crippen LogP contribution >= 0.6 is 0 Å². The van der Waals surface area contributed by atoms with E-state index in [1.54, 1.807) is 53.4 Å². The summed E-state index contributed by atoms with van der Waals surface area (Å²) in [5, 5.41) is 2.72. The molecule has 1 saturated heterocycles. The van der Waals surface area contributed by atoms with Crippen LogP contribution in [0, 0.1) is 0 Å². The number of para-hydroxylation sites is 1. The number of piperazine rings is 1. The highest BCUT2D eigenvalue weighted by Crippen LogP contribution is 2.17. The van der Waals surface area contributed by atoms with E-state index in [1.807, 2.05) is 13.1 Å². The summed E-state index contributed by atoms with van der Waals surface area (Å²) in [7, 11) is 2.00. The number of anilines is 1. The third-order valence-electron chi connectivity index (χ3n) is 4.61. The van der Waals surface area contributed by atoms with Crippen molar-refractivity contribution < 1.29 is 19.1 Å². The first-order chi connectivity index (χ1) is 13.5. The molecule has 0 saturated carbocycles. The molecule has 28 heavy (non-hydrogen) atoms. The molecule has 7 heteroatoms. The summed E-state index contributed by atoms with van der Waals surface area (Å²) in [5.41, 5.74) is 1.03. The van der Waals surface area contributed by atoms with Gasteiger partial charge < -0.3 is 19.9 Å². The number of amides is 2. The van der Waals surface area contributed by atoms with Gasteiger partial charge in [0, 0.05) is 31.7 Å². The molecule has 1 N–H and O–H groups in total. The van der Waals surface area contributed by atoms with Crippen molar-refractivity contribution in [3.8, 4) is 0 Å². The molecule has 7 nitrogen and oxygen atoms in total. The van der Waals surface area contributed by atoms with Gasteiger partial charge in [-0.1, -0.05) is 30.3 Å². The lowest BCUT2D eigenvalue weighted by Crippen LogP contribution is -2.48. The number of hydrogen-bond donors (Lipinski definition) is 1. The molecule has 146 valence electrons. The van der Waals surface area contributed by atoms with Gasteiger partial charge in [-0.15, -0.1) is 0 Å². The van der Waals surface area contributed by atoms with E-state index in [-0.39, 0.29) is 24.0 Å². The molecule has 0 unspecified atom stereocenters. The summed E-state index contributed by atoms with van der Waals surface area (Å²) < 4.78 is 5.20. The first kappa shape index (κ1) is 19.6. The van der Waals surface area contributed by atoms with Crippen molar-refractivity contribution in [2.24, 2.45) is 0 Å². The molecule has 2 aromatic carbocycles. The summed E-state index contributed by atoms with van der Waals surface area (Å²) in [6, 6.07) is 15.3. The van der Waals surface area contributed by atoms with Crippen LogP contribution in [0.25, 0.3) is 0 Å². The summed E-state index contributed by atoms with van der Waals surface area (Å²) in [6.45, 7) is 2.53. The lowest BCUT2D eigenvalue weighted by molar-refractivity contribution is -0.136. The number of carbonyl (C=O) groups excluding carboxylic acids is 3. The number of likely N-dealkylation sites (N-methyl/N-ethyl adjacent to an activating group) is 1. The molecule has 0 aliphatic carbocycles. The second kappa shape index (κ2) is 9.14. The first-order valence-corrected chi connectivity index (χ1v) is 9.13. The van der Waals surface area contributed by atoms with Crippen molar-refractivity contribution in [2.75, 3.05) is 45.2 Å². The van der Waals surface area contributed by atoms with E-state index in [0.717, 1.165) is 13.1 Å². The molecule has 0 spiro atoms. The lowest BCUT2D eigenvalue weighted by atomic mass is 10.1. The van der Waals surface area contributed by atoms with Crippen molar-refractivity contribution >= 4 is 23.5 Å². The van der Waals surface area contributed by atoms with E-state index >= 15 is 0 Å². The molecule has 0 bridgehead atoms. The second-order valence-corrected chi connectivity index (χ2v) is 6.63. The first-order valence-electron chi connectivity index (χ1n) is 9.13. The van der Waals surface area contributed by atoms with Gasteiger partial charge in [0.2, 0.25) is 0 Å². The minimum absolute atomic E-state index is 0.206. The van der Waals surface area contributed by atoms with Crippen LogP contribution in [0.15, 0.2) is 54.6 Å². The van der Waals surface area contributed by atoms with Gasteiger partial charge in [-0.2, -0.15) is 0 Å². The van der Waals surface area contributed by atoms with Crippen LogP contribution in [-0.4, -0.2) is 67.4 Å². The van der Waals surface area contributed by atoms with Crippen molar-refractivity contribution in [3.63, 3.8) is 0 Å². The number of carbonyl (C=O) groups is 3. The molecule has 2 amide bonds. The van der Waals surface area contributed by atoms with Gasteiger partial charge in [0.15, 0.2) is 6.61 Å². The Bertz CT molecular complexity index is 846. The number of nitrogens with zero attached hydrogens (tertiary/aromatic N) is 2. The Morgan fingerprint density at radius 3 is 2.29 bits per heavy atom. The molecule has 1 aliphatic rings. The smallest absolute Gasteiger partial charge is 0.340 e. The minimum Gasteiger partial charge on any atom is -0.452 e. The van der Waals surface area contributed by atoms with E-state index < -0.39 is 5.97 Å². The molecule has 2 aromatic rings. The van der Waals surface area contributed by atoms with Crippen LogP contribution in [-0.2, 0) is 9.53 Å². The van der Waals surface area contributed by atoms with Crippen molar-refractivity contribution in [3.05, 3.63) is 65.7 Å². The van der Waals surface area contributed by atoms with Crippen LogP contribution in [0.3, 0.4) is 0 Å². The van der Waals surface area contributed by atoms with Crippen LogP contribution in [0.2, 0.25) is 0 Å². The Kier molecular flexibility index (Phi) is 6.39. The Labute approximate surface area is 163 Å². The highest BCUT2D eigenvalue weighted by Gasteiger charge is 2.21. The summed E-state index contributed by atoms with van der Waals surface area (Å²) in [4.78, 5) is 40.9.